The van der Waals surface area contributed by atoms with E-state index in [1.807, 2.05) is 92.8 Å². The van der Waals surface area contributed by atoms with Gasteiger partial charge in [-0.05, 0) is 54.8 Å². The van der Waals surface area contributed by atoms with Gasteiger partial charge in [0.15, 0.2) is 6.29 Å². The standard InChI is InChI=1S/C40H48N4O6/c1-27(39(48)31-9-4-3-5-10-31)44(2)25-33-23-36(30-19-17-29(26-45)18-20-30)50-40(49-33)32-21-15-28(16-22-32)24-42-37(46)13-8-14-38(47)43-35-12-7-6-11-34(35)41/h3-7,9-12,15-22,27,33,36,39-40,45,48H,8,13-14,23-26,41H2,1-2H3,(H,42,46)(H,43,47). The molecule has 4 aromatic rings. The number of para-hydroxylation sites is 2. The Morgan fingerprint density at radius 3 is 2.20 bits per heavy atom. The lowest BCUT2D eigenvalue weighted by atomic mass is 9.98. The van der Waals surface area contributed by atoms with Crippen molar-refractivity contribution in [3.8, 4) is 0 Å². The number of amides is 2. The predicted molar refractivity (Wildman–Crippen MR) is 194 cm³/mol. The van der Waals surface area contributed by atoms with E-state index < -0.39 is 12.4 Å². The first-order valence-corrected chi connectivity index (χ1v) is 17.1. The summed E-state index contributed by atoms with van der Waals surface area (Å²) < 4.78 is 13.0. The molecule has 10 nitrogen and oxygen atoms in total. The Hall–Kier alpha value is -4.58. The van der Waals surface area contributed by atoms with Gasteiger partial charge in [-0.25, -0.2) is 0 Å². The van der Waals surface area contributed by atoms with Crippen molar-refractivity contribution in [3.05, 3.63) is 131 Å². The van der Waals surface area contributed by atoms with Gasteiger partial charge >= 0.3 is 0 Å². The average molecular weight is 681 g/mol. The van der Waals surface area contributed by atoms with Crippen LogP contribution < -0.4 is 16.4 Å². The number of nitrogens with zero attached hydrogens (tertiary/aromatic N) is 1. The van der Waals surface area contributed by atoms with Crippen molar-refractivity contribution < 1.29 is 29.3 Å². The van der Waals surface area contributed by atoms with Crippen LogP contribution in [0, 0.1) is 0 Å². The Kier molecular flexibility index (Phi) is 13.1. The third kappa shape index (κ3) is 10.2. The summed E-state index contributed by atoms with van der Waals surface area (Å²) in [6, 6.07) is 32.1. The molecule has 4 aromatic carbocycles. The minimum atomic E-state index is -0.647. The minimum Gasteiger partial charge on any atom is -0.397 e. The van der Waals surface area contributed by atoms with Crippen LogP contribution in [0.3, 0.4) is 0 Å². The molecule has 264 valence electrons. The monoisotopic (exact) mass is 680 g/mol. The Morgan fingerprint density at radius 1 is 0.860 bits per heavy atom. The number of aliphatic hydroxyl groups excluding tert-OH is 2. The van der Waals surface area contributed by atoms with Crippen molar-refractivity contribution in [3.63, 3.8) is 0 Å². The maximum atomic E-state index is 12.5. The van der Waals surface area contributed by atoms with E-state index >= 15 is 0 Å². The zero-order chi connectivity index (χ0) is 35.5. The van der Waals surface area contributed by atoms with Gasteiger partial charge < -0.3 is 36.1 Å². The van der Waals surface area contributed by atoms with Crippen molar-refractivity contribution in [1.29, 1.82) is 0 Å². The van der Waals surface area contributed by atoms with Gasteiger partial charge in [0.05, 0.1) is 36.3 Å². The second-order valence-electron chi connectivity index (χ2n) is 12.9. The van der Waals surface area contributed by atoms with Crippen LogP contribution >= 0.6 is 0 Å². The van der Waals surface area contributed by atoms with Crippen LogP contribution in [-0.2, 0) is 32.2 Å². The average Bonchev–Trinajstić information content (AvgIpc) is 3.14. The van der Waals surface area contributed by atoms with E-state index in [9.17, 15) is 19.8 Å². The molecule has 50 heavy (non-hydrogen) atoms. The number of benzene rings is 4. The Balaban J connectivity index is 1.16. The second kappa shape index (κ2) is 17.9. The molecule has 1 saturated heterocycles. The van der Waals surface area contributed by atoms with Gasteiger partial charge in [-0.2, -0.15) is 0 Å². The van der Waals surface area contributed by atoms with E-state index in [-0.39, 0.29) is 49.5 Å². The van der Waals surface area contributed by atoms with E-state index in [0.29, 0.717) is 37.3 Å². The van der Waals surface area contributed by atoms with Crippen molar-refractivity contribution in [2.45, 2.75) is 76.4 Å². The molecule has 5 unspecified atom stereocenters. The van der Waals surface area contributed by atoms with Crippen LogP contribution in [0.15, 0.2) is 103 Å². The number of hydrogen-bond acceptors (Lipinski definition) is 8. The molecule has 0 bridgehead atoms. The second-order valence-corrected chi connectivity index (χ2v) is 12.9. The lowest BCUT2D eigenvalue weighted by Gasteiger charge is -2.39. The van der Waals surface area contributed by atoms with Crippen molar-refractivity contribution in [1.82, 2.24) is 10.2 Å². The summed E-state index contributed by atoms with van der Waals surface area (Å²) in [5, 5.41) is 26.3. The largest absolute Gasteiger partial charge is 0.397 e. The van der Waals surface area contributed by atoms with Gasteiger partial charge in [-0.3, -0.25) is 14.5 Å². The van der Waals surface area contributed by atoms with Gasteiger partial charge in [0.1, 0.15) is 0 Å². The van der Waals surface area contributed by atoms with E-state index in [1.165, 1.54) is 0 Å². The number of rotatable bonds is 15. The fraction of sp³-hybridized carbons (Fsp3) is 0.350. The third-order valence-electron chi connectivity index (χ3n) is 9.18. The number of hydrogen-bond donors (Lipinski definition) is 5. The van der Waals surface area contributed by atoms with E-state index in [4.69, 9.17) is 15.2 Å². The molecule has 0 spiro atoms. The van der Waals surface area contributed by atoms with Gasteiger partial charge in [-0.1, -0.05) is 91.0 Å². The van der Waals surface area contributed by atoms with Crippen molar-refractivity contribution >= 4 is 23.2 Å². The molecule has 0 aromatic heterocycles. The normalized spacial score (nSPS) is 18.7. The number of carbonyl (C=O) groups excluding carboxylic acids is 2. The summed E-state index contributed by atoms with van der Waals surface area (Å²) in [6.07, 6.45) is -0.197. The molecule has 10 heteroatoms. The van der Waals surface area contributed by atoms with Gasteiger partial charge in [0, 0.05) is 44.0 Å². The molecule has 0 saturated carbocycles. The van der Waals surface area contributed by atoms with Crippen LogP contribution in [0.4, 0.5) is 11.4 Å². The van der Waals surface area contributed by atoms with Crippen LogP contribution in [0.25, 0.3) is 0 Å². The molecular formula is C40H48N4O6. The predicted octanol–water partition coefficient (Wildman–Crippen LogP) is 5.79. The number of anilines is 2. The summed E-state index contributed by atoms with van der Waals surface area (Å²) in [7, 11) is 1.99. The number of nitrogen functional groups attached to an aromatic ring is 1. The molecule has 0 radical (unpaired) electrons. The zero-order valence-electron chi connectivity index (χ0n) is 28.7. The molecule has 1 aliphatic rings. The number of ether oxygens (including phenoxy) is 2. The van der Waals surface area contributed by atoms with Crippen molar-refractivity contribution in [2.75, 3.05) is 24.6 Å². The van der Waals surface area contributed by atoms with E-state index in [2.05, 4.69) is 15.5 Å². The van der Waals surface area contributed by atoms with Gasteiger partial charge in [0.25, 0.3) is 0 Å². The maximum absolute atomic E-state index is 12.5. The van der Waals surface area contributed by atoms with Gasteiger partial charge in [-0.15, -0.1) is 0 Å². The first-order valence-electron chi connectivity index (χ1n) is 17.1. The first kappa shape index (κ1) is 36.7. The minimum absolute atomic E-state index is 0.0266. The number of nitrogens with one attached hydrogen (secondary N) is 2. The number of aliphatic hydroxyl groups is 2. The number of likely N-dealkylation sites (N-methyl/N-ethyl adjacent to an activating group) is 1. The molecule has 5 rings (SSSR count). The molecule has 2 amide bonds. The fourth-order valence-corrected chi connectivity index (χ4v) is 6.00. The molecule has 0 aliphatic carbocycles. The van der Waals surface area contributed by atoms with Crippen molar-refractivity contribution in [2.24, 2.45) is 0 Å². The highest BCUT2D eigenvalue weighted by atomic mass is 16.7. The third-order valence-corrected chi connectivity index (χ3v) is 9.18. The zero-order valence-corrected chi connectivity index (χ0v) is 28.7. The quantitative estimate of drug-likeness (QED) is 0.0993. The topological polar surface area (TPSA) is 146 Å². The SMILES string of the molecule is CC(C(O)c1ccccc1)N(C)CC1CC(c2ccc(CO)cc2)OC(c2ccc(CNC(=O)CCCC(=O)Nc3ccccc3N)cc2)O1. The highest BCUT2D eigenvalue weighted by Gasteiger charge is 2.34. The lowest BCUT2D eigenvalue weighted by Crippen LogP contribution is -2.43. The highest BCUT2D eigenvalue weighted by Crippen LogP contribution is 2.38. The highest BCUT2D eigenvalue weighted by molar-refractivity contribution is 5.93. The summed E-state index contributed by atoms with van der Waals surface area (Å²) >= 11 is 0. The molecular weight excluding hydrogens is 632 g/mol. The summed E-state index contributed by atoms with van der Waals surface area (Å²) in [5.74, 6) is -0.315. The number of carbonyl (C=O) groups is 2. The lowest BCUT2D eigenvalue weighted by molar-refractivity contribution is -0.253. The van der Waals surface area contributed by atoms with E-state index in [1.54, 1.807) is 24.3 Å². The van der Waals surface area contributed by atoms with Gasteiger partial charge in [0.2, 0.25) is 11.8 Å². The fourth-order valence-electron chi connectivity index (χ4n) is 6.00. The first-order chi connectivity index (χ1) is 24.2. The Labute approximate surface area is 294 Å². The summed E-state index contributed by atoms with van der Waals surface area (Å²) in [5.41, 5.74) is 11.4. The maximum Gasteiger partial charge on any atom is 0.224 e. The number of nitrogens with two attached hydrogens (primary N) is 1. The molecule has 1 heterocycles. The van der Waals surface area contributed by atoms with Crippen LogP contribution in [0.1, 0.15) is 78.9 Å². The van der Waals surface area contributed by atoms with Crippen LogP contribution in [-0.4, -0.2) is 52.7 Å². The van der Waals surface area contributed by atoms with Crippen LogP contribution in [0.2, 0.25) is 0 Å². The Morgan fingerprint density at radius 2 is 1.50 bits per heavy atom. The smallest absolute Gasteiger partial charge is 0.224 e. The molecule has 1 aliphatic heterocycles. The Bertz CT molecular complexity index is 1670. The van der Waals surface area contributed by atoms with E-state index in [0.717, 1.165) is 27.8 Å². The summed E-state index contributed by atoms with van der Waals surface area (Å²) in [4.78, 5) is 26.9. The van der Waals surface area contributed by atoms with Crippen LogP contribution in [0.5, 0.6) is 0 Å². The summed E-state index contributed by atoms with van der Waals surface area (Å²) in [6.45, 7) is 2.92. The molecule has 6 N–H and O–H groups in total. The molecule has 5 atom stereocenters. The molecule has 1 fully saturated rings.